The van der Waals surface area contributed by atoms with Crippen molar-refractivity contribution in [1.82, 2.24) is 15.5 Å². The molecule has 2 aromatic heterocycles. The van der Waals surface area contributed by atoms with Crippen LogP contribution >= 0.6 is 23.4 Å². The average molecular weight is 378 g/mol. The Kier molecular flexibility index (Phi) is 5.45. The van der Waals surface area contributed by atoms with E-state index in [2.05, 4.69) is 15.5 Å². The Balaban J connectivity index is 1.53. The number of amides is 1. The maximum Gasteiger partial charge on any atom is 0.277 e. The van der Waals surface area contributed by atoms with Crippen LogP contribution in [0.2, 0.25) is 5.02 Å². The molecule has 0 spiro atoms. The maximum absolute atomic E-state index is 12.1. The van der Waals surface area contributed by atoms with Gasteiger partial charge in [-0.1, -0.05) is 35.5 Å². The van der Waals surface area contributed by atoms with E-state index in [9.17, 15) is 4.79 Å². The number of nitrogens with zero attached hydrogens (tertiary/aromatic N) is 2. The number of aromatic nitrogens is 2. The summed E-state index contributed by atoms with van der Waals surface area (Å²) < 4.78 is 10.8. The number of thioether (sulfide) groups is 1. The summed E-state index contributed by atoms with van der Waals surface area (Å²) in [4.78, 5) is 12.1. The van der Waals surface area contributed by atoms with Crippen LogP contribution in [0.1, 0.15) is 24.3 Å². The van der Waals surface area contributed by atoms with E-state index < -0.39 is 0 Å². The molecule has 0 radical (unpaired) electrons. The first kappa shape index (κ1) is 17.6. The molecule has 0 saturated heterocycles. The molecule has 1 atom stereocenters. The Bertz CT molecular complexity index is 860. The third kappa shape index (κ3) is 4.43. The standard InChI is InChI=1S/C17H16ClN3O3S/c1-10(12-3-5-13(18)6-4-12)19-15(22)9-25-17-21-20-16(24-17)14-7-8-23-11(14)2/h3-8,10H,9H2,1-2H3,(H,19,22)/t10-/m1/s1. The molecular formula is C17H16ClN3O3S. The molecule has 0 aliphatic heterocycles. The van der Waals surface area contributed by atoms with Crippen LogP contribution in [0.5, 0.6) is 0 Å². The fourth-order valence-electron chi connectivity index (χ4n) is 2.23. The Labute approximate surface area is 154 Å². The third-order valence-electron chi connectivity index (χ3n) is 3.57. The Hall–Kier alpha value is -2.25. The lowest BCUT2D eigenvalue weighted by atomic mass is 10.1. The zero-order valence-corrected chi connectivity index (χ0v) is 15.2. The SMILES string of the molecule is Cc1occc1-c1nnc(SCC(=O)N[C@H](C)c2ccc(Cl)cc2)o1. The highest BCUT2D eigenvalue weighted by atomic mass is 35.5. The van der Waals surface area contributed by atoms with Crippen molar-refractivity contribution in [2.75, 3.05) is 5.75 Å². The van der Waals surface area contributed by atoms with E-state index in [0.717, 1.165) is 11.1 Å². The number of halogens is 1. The van der Waals surface area contributed by atoms with Crippen molar-refractivity contribution in [3.8, 4) is 11.5 Å². The molecule has 0 bridgehead atoms. The maximum atomic E-state index is 12.1. The minimum atomic E-state index is -0.119. The van der Waals surface area contributed by atoms with Crippen molar-refractivity contribution in [3.63, 3.8) is 0 Å². The summed E-state index contributed by atoms with van der Waals surface area (Å²) in [5.41, 5.74) is 1.73. The molecule has 8 heteroatoms. The molecule has 0 saturated carbocycles. The molecule has 2 heterocycles. The molecule has 0 fully saturated rings. The zero-order chi connectivity index (χ0) is 17.8. The van der Waals surface area contributed by atoms with Crippen molar-refractivity contribution in [2.45, 2.75) is 25.1 Å². The first-order valence-corrected chi connectivity index (χ1v) is 8.95. The predicted molar refractivity (Wildman–Crippen MR) is 95.5 cm³/mol. The van der Waals surface area contributed by atoms with Crippen LogP contribution in [0.3, 0.4) is 0 Å². The summed E-state index contributed by atoms with van der Waals surface area (Å²) in [6.07, 6.45) is 1.56. The first-order chi connectivity index (χ1) is 12.0. The van der Waals surface area contributed by atoms with Crippen molar-refractivity contribution < 1.29 is 13.6 Å². The molecule has 0 aliphatic carbocycles. The predicted octanol–water partition coefficient (Wildman–Crippen LogP) is 4.26. The van der Waals surface area contributed by atoms with Gasteiger partial charge in [-0.15, -0.1) is 10.2 Å². The molecule has 1 N–H and O–H groups in total. The summed E-state index contributed by atoms with van der Waals surface area (Å²) in [5, 5.41) is 11.8. The lowest BCUT2D eigenvalue weighted by Gasteiger charge is -2.13. The van der Waals surface area contributed by atoms with Crippen LogP contribution < -0.4 is 5.32 Å². The largest absolute Gasteiger partial charge is 0.469 e. The summed E-state index contributed by atoms with van der Waals surface area (Å²) in [5.74, 6) is 1.15. The molecule has 6 nitrogen and oxygen atoms in total. The fraction of sp³-hybridized carbons (Fsp3) is 0.235. The zero-order valence-electron chi connectivity index (χ0n) is 13.7. The molecule has 130 valence electrons. The monoisotopic (exact) mass is 377 g/mol. The quantitative estimate of drug-likeness (QED) is 0.646. The fourth-order valence-corrected chi connectivity index (χ4v) is 2.93. The number of hydrogen-bond donors (Lipinski definition) is 1. The van der Waals surface area contributed by atoms with Crippen LogP contribution in [-0.2, 0) is 4.79 Å². The van der Waals surface area contributed by atoms with Gasteiger partial charge in [-0.3, -0.25) is 4.79 Å². The van der Waals surface area contributed by atoms with Crippen molar-refractivity contribution in [2.24, 2.45) is 0 Å². The van der Waals surface area contributed by atoms with Gasteiger partial charge in [-0.2, -0.15) is 0 Å². The Morgan fingerprint density at radius 1 is 1.28 bits per heavy atom. The third-order valence-corrected chi connectivity index (χ3v) is 4.64. The molecule has 1 aromatic carbocycles. The number of rotatable bonds is 6. The normalized spacial score (nSPS) is 12.1. The van der Waals surface area contributed by atoms with Gasteiger partial charge in [0.2, 0.25) is 5.91 Å². The topological polar surface area (TPSA) is 81.2 Å². The number of nitrogens with one attached hydrogen (secondary N) is 1. The van der Waals surface area contributed by atoms with Crippen molar-refractivity contribution in [3.05, 3.63) is 52.9 Å². The second kappa shape index (κ2) is 7.76. The van der Waals surface area contributed by atoms with Gasteiger partial charge in [0.15, 0.2) is 0 Å². The van der Waals surface area contributed by atoms with Crippen LogP contribution in [0.4, 0.5) is 0 Å². The number of benzene rings is 1. The number of hydrogen-bond acceptors (Lipinski definition) is 6. The summed E-state index contributed by atoms with van der Waals surface area (Å²) in [6, 6.07) is 9.02. The minimum Gasteiger partial charge on any atom is -0.469 e. The van der Waals surface area contributed by atoms with Crippen molar-refractivity contribution in [1.29, 1.82) is 0 Å². The summed E-state index contributed by atoms with van der Waals surface area (Å²) in [7, 11) is 0. The molecule has 1 amide bonds. The van der Waals surface area contributed by atoms with E-state index in [1.54, 1.807) is 24.5 Å². The van der Waals surface area contributed by atoms with E-state index >= 15 is 0 Å². The number of carbonyl (C=O) groups excluding carboxylic acids is 1. The average Bonchev–Trinajstić information content (AvgIpc) is 3.22. The van der Waals surface area contributed by atoms with Gasteiger partial charge < -0.3 is 14.2 Å². The molecule has 3 rings (SSSR count). The van der Waals surface area contributed by atoms with Gasteiger partial charge in [0.25, 0.3) is 11.1 Å². The molecular weight excluding hydrogens is 362 g/mol. The summed E-state index contributed by atoms with van der Waals surface area (Å²) >= 11 is 7.06. The van der Waals surface area contributed by atoms with Crippen LogP contribution in [0.25, 0.3) is 11.5 Å². The number of furan rings is 1. The Morgan fingerprint density at radius 3 is 2.72 bits per heavy atom. The highest BCUT2D eigenvalue weighted by molar-refractivity contribution is 7.99. The lowest BCUT2D eigenvalue weighted by molar-refractivity contribution is -0.119. The van der Waals surface area contributed by atoms with Crippen molar-refractivity contribution >= 4 is 29.3 Å². The van der Waals surface area contributed by atoms with Gasteiger partial charge in [0.1, 0.15) is 5.76 Å². The van der Waals surface area contributed by atoms with Gasteiger partial charge in [-0.25, -0.2) is 0 Å². The number of aryl methyl sites for hydroxylation is 1. The molecule has 0 aliphatic rings. The van der Waals surface area contributed by atoms with Crippen LogP contribution in [-0.4, -0.2) is 21.9 Å². The smallest absolute Gasteiger partial charge is 0.277 e. The van der Waals surface area contributed by atoms with E-state index in [1.807, 2.05) is 26.0 Å². The highest BCUT2D eigenvalue weighted by Crippen LogP contribution is 2.26. The molecule has 0 unspecified atom stereocenters. The highest BCUT2D eigenvalue weighted by Gasteiger charge is 2.15. The van der Waals surface area contributed by atoms with Gasteiger partial charge in [-0.05, 0) is 37.6 Å². The molecule has 3 aromatic rings. The van der Waals surface area contributed by atoms with E-state index in [4.69, 9.17) is 20.4 Å². The second-order valence-corrected chi connectivity index (χ2v) is 6.76. The van der Waals surface area contributed by atoms with E-state index in [0.29, 0.717) is 21.9 Å². The van der Waals surface area contributed by atoms with Crippen LogP contribution in [0.15, 0.2) is 50.7 Å². The van der Waals surface area contributed by atoms with Gasteiger partial charge in [0.05, 0.1) is 23.6 Å². The van der Waals surface area contributed by atoms with Crippen LogP contribution in [0, 0.1) is 6.92 Å². The van der Waals surface area contributed by atoms with E-state index in [1.165, 1.54) is 11.8 Å². The molecule has 25 heavy (non-hydrogen) atoms. The minimum absolute atomic E-state index is 0.114. The summed E-state index contributed by atoms with van der Waals surface area (Å²) in [6.45, 7) is 3.73. The second-order valence-electron chi connectivity index (χ2n) is 5.39. The number of carbonyl (C=O) groups is 1. The lowest BCUT2D eigenvalue weighted by Crippen LogP contribution is -2.28. The van der Waals surface area contributed by atoms with Gasteiger partial charge >= 0.3 is 0 Å². The van der Waals surface area contributed by atoms with E-state index in [-0.39, 0.29) is 17.7 Å². The van der Waals surface area contributed by atoms with Gasteiger partial charge in [0, 0.05) is 5.02 Å². The first-order valence-electron chi connectivity index (χ1n) is 7.58. The Morgan fingerprint density at radius 2 is 2.04 bits per heavy atom.